The monoisotopic (exact) mass is 1640 g/mol. The summed E-state index contributed by atoms with van der Waals surface area (Å²) in [6.45, 7) is 12.0. The number of unbranched alkanes of at least 4 members (excludes halogenated alkanes) is 68. The standard InChI is InChI=1S/C104H184OS6/c1-6-11-16-21-26-31-36-41-46-51-56-61-67-74-81-106-99-87-93-94-88-100(107-82-75-68-62-57-52-47-42-37-32-27-22-17-12-7-2)102(109-84-77-70-64-59-54-49-44-39-34-29-24-19-14-9-4)90-96(94)98-92-104(111-86-79-72-66-73-80-105)103(110-85-78-71-65-60-55-50-45-40-35-30-25-20-15-10-5)91-97(98)95(93)89-101(99)108-83-76-69-63-58-53-48-43-38-33-28-23-18-13-8-3/h87-92,105H,6-86H2,1-5H3. The van der Waals surface area contributed by atoms with E-state index in [9.17, 15) is 5.11 Å². The number of aliphatic hydroxyl groups is 1. The predicted octanol–water partition coefficient (Wildman–Crippen LogP) is 39.7. The molecule has 4 aromatic carbocycles. The summed E-state index contributed by atoms with van der Waals surface area (Å²) in [6, 6.07) is 16.5. The summed E-state index contributed by atoms with van der Waals surface area (Å²) < 4.78 is 0. The molecule has 0 saturated carbocycles. The van der Waals surface area contributed by atoms with Gasteiger partial charge in [0.15, 0.2) is 0 Å². The maximum atomic E-state index is 9.73. The van der Waals surface area contributed by atoms with Crippen LogP contribution in [-0.2, 0) is 0 Å². The molecule has 1 nitrogen and oxygen atoms in total. The van der Waals surface area contributed by atoms with E-state index in [0.29, 0.717) is 6.61 Å². The molecule has 111 heavy (non-hydrogen) atoms. The number of aliphatic hydroxyl groups excluding tert-OH is 1. The van der Waals surface area contributed by atoms with Crippen molar-refractivity contribution in [1.29, 1.82) is 0 Å². The molecule has 0 heterocycles. The number of thioether (sulfide) groups is 6. The SMILES string of the molecule is CCCCCCCCCCCCCCCCSc1cc2c(cc1SCCCCCCO)c1cc(SCCCCCCCCCCCCCCCC)c(SCCCCCCCCCCCCCCCC)cc1c1cc(SCCCCCCCCCCCCCCCC)c(SCCCCCCCCCCCCCCCC)cc21. The van der Waals surface area contributed by atoms with Crippen LogP contribution in [0.2, 0.25) is 0 Å². The second-order valence-corrected chi connectivity index (χ2v) is 41.6. The van der Waals surface area contributed by atoms with Crippen LogP contribution in [0.25, 0.3) is 32.3 Å². The van der Waals surface area contributed by atoms with Crippen molar-refractivity contribution in [2.24, 2.45) is 0 Å². The van der Waals surface area contributed by atoms with E-state index in [-0.39, 0.29) is 0 Å². The highest BCUT2D eigenvalue weighted by molar-refractivity contribution is 8.03. The van der Waals surface area contributed by atoms with Crippen molar-refractivity contribution in [3.05, 3.63) is 36.4 Å². The van der Waals surface area contributed by atoms with E-state index in [2.05, 4.69) is 142 Å². The van der Waals surface area contributed by atoms with Crippen LogP contribution < -0.4 is 0 Å². The van der Waals surface area contributed by atoms with Gasteiger partial charge >= 0.3 is 0 Å². The van der Waals surface area contributed by atoms with Gasteiger partial charge in [0.05, 0.1) is 0 Å². The fourth-order valence-corrected chi connectivity index (χ4v) is 23.7. The molecule has 0 amide bonds. The Morgan fingerprint density at radius 2 is 0.243 bits per heavy atom. The molecular weight excluding hydrogens is 1460 g/mol. The predicted molar refractivity (Wildman–Crippen MR) is 520 cm³/mol. The van der Waals surface area contributed by atoms with Crippen LogP contribution in [0, 0.1) is 0 Å². The summed E-state index contributed by atoms with van der Waals surface area (Å²) in [7, 11) is 0. The summed E-state index contributed by atoms with van der Waals surface area (Å²) in [6.07, 6.45) is 104. The van der Waals surface area contributed by atoms with Crippen LogP contribution in [-0.4, -0.2) is 46.2 Å². The lowest BCUT2D eigenvalue weighted by molar-refractivity contribution is 0.283. The molecule has 0 unspecified atom stereocenters. The Labute approximate surface area is 718 Å². The molecule has 4 aromatic rings. The fourth-order valence-electron chi connectivity index (χ4n) is 16.8. The van der Waals surface area contributed by atoms with E-state index >= 15 is 0 Å². The minimum absolute atomic E-state index is 0.317. The van der Waals surface area contributed by atoms with Crippen LogP contribution in [0.15, 0.2) is 65.8 Å². The van der Waals surface area contributed by atoms with Crippen LogP contribution in [0.1, 0.15) is 510 Å². The molecule has 0 radical (unpaired) electrons. The maximum absolute atomic E-state index is 9.73. The van der Waals surface area contributed by atoms with Gasteiger partial charge in [-0.15, -0.1) is 70.6 Å². The van der Waals surface area contributed by atoms with Crippen molar-refractivity contribution in [2.75, 3.05) is 41.1 Å². The third-order valence-electron chi connectivity index (χ3n) is 24.2. The first-order valence-corrected chi connectivity index (χ1v) is 55.9. The van der Waals surface area contributed by atoms with Gasteiger partial charge in [-0.1, -0.05) is 465 Å². The molecule has 0 aliphatic rings. The molecule has 0 aliphatic heterocycles. The quantitative estimate of drug-likeness (QED) is 0.0267. The Bertz CT molecular complexity index is 2600. The third kappa shape index (κ3) is 54.6. The molecule has 642 valence electrons. The number of hydrogen-bond donors (Lipinski definition) is 1. The normalized spacial score (nSPS) is 11.9. The molecule has 7 heteroatoms. The van der Waals surface area contributed by atoms with Gasteiger partial charge in [0.25, 0.3) is 0 Å². The number of fused-ring (bicyclic) bond motifs is 6. The molecule has 0 spiro atoms. The van der Waals surface area contributed by atoms with Gasteiger partial charge in [0, 0.05) is 36.0 Å². The van der Waals surface area contributed by atoms with E-state index in [1.54, 1.807) is 19.6 Å². The molecule has 0 atom stereocenters. The average Bonchev–Trinajstić information content (AvgIpc) is 0.727. The van der Waals surface area contributed by atoms with Crippen molar-refractivity contribution in [1.82, 2.24) is 0 Å². The Balaban J connectivity index is 1.69. The van der Waals surface area contributed by atoms with E-state index < -0.39 is 0 Å². The summed E-state index contributed by atoms with van der Waals surface area (Å²) in [5.41, 5.74) is 0. The lowest BCUT2D eigenvalue weighted by Crippen LogP contribution is -1.94. The summed E-state index contributed by atoms with van der Waals surface area (Å²) in [5, 5.41) is 18.7. The molecule has 0 aliphatic carbocycles. The fraction of sp³-hybridized carbons (Fsp3) is 0.827. The smallest absolute Gasteiger partial charge is 0.0431 e. The highest BCUT2D eigenvalue weighted by Gasteiger charge is 2.20. The topological polar surface area (TPSA) is 20.2 Å². The molecule has 0 bridgehead atoms. The van der Waals surface area contributed by atoms with Gasteiger partial charge in [0.2, 0.25) is 0 Å². The van der Waals surface area contributed by atoms with E-state index in [1.807, 2.05) is 0 Å². The van der Waals surface area contributed by atoms with E-state index in [4.69, 9.17) is 0 Å². The molecule has 0 saturated heterocycles. The Hall–Kier alpha value is -0.280. The summed E-state index contributed by atoms with van der Waals surface area (Å²) >= 11 is 13.2. The molecular formula is C104H184OS6. The lowest BCUT2D eigenvalue weighted by Gasteiger charge is -2.20. The highest BCUT2D eigenvalue weighted by atomic mass is 32.2. The summed E-state index contributed by atoms with van der Waals surface area (Å²) in [4.78, 5) is 9.26. The first-order chi connectivity index (χ1) is 55.1. The largest absolute Gasteiger partial charge is 0.396 e. The molecule has 4 rings (SSSR count). The maximum Gasteiger partial charge on any atom is 0.0431 e. The molecule has 0 aromatic heterocycles. The van der Waals surface area contributed by atoms with Crippen molar-refractivity contribution in [3.8, 4) is 0 Å². The van der Waals surface area contributed by atoms with Gasteiger partial charge in [-0.25, -0.2) is 0 Å². The zero-order valence-corrected chi connectivity index (χ0v) is 79.5. The lowest BCUT2D eigenvalue weighted by atomic mass is 9.94. The number of rotatable bonds is 87. The molecule has 1 N–H and O–H groups in total. The number of benzene rings is 4. The first-order valence-electron chi connectivity index (χ1n) is 50.0. The first kappa shape index (κ1) is 103. The Morgan fingerprint density at radius 3 is 0.351 bits per heavy atom. The average molecular weight is 1640 g/mol. The van der Waals surface area contributed by atoms with Gasteiger partial charge < -0.3 is 5.11 Å². The highest BCUT2D eigenvalue weighted by Crippen LogP contribution is 2.48. The van der Waals surface area contributed by atoms with Crippen molar-refractivity contribution in [3.63, 3.8) is 0 Å². The minimum Gasteiger partial charge on any atom is -0.396 e. The van der Waals surface area contributed by atoms with Crippen LogP contribution in [0.4, 0.5) is 0 Å². The Morgan fingerprint density at radius 1 is 0.144 bits per heavy atom. The van der Waals surface area contributed by atoms with E-state index in [1.165, 1.54) is 533 Å². The van der Waals surface area contributed by atoms with Crippen LogP contribution >= 0.6 is 70.6 Å². The van der Waals surface area contributed by atoms with Gasteiger partial charge in [-0.2, -0.15) is 0 Å². The second-order valence-electron chi connectivity index (χ2n) is 34.7. The Kier molecular flexibility index (Phi) is 72.7. The molecule has 0 fully saturated rings. The second kappa shape index (κ2) is 78.3. The zero-order valence-electron chi connectivity index (χ0n) is 74.6. The minimum atomic E-state index is 0.317. The van der Waals surface area contributed by atoms with Crippen LogP contribution in [0.3, 0.4) is 0 Å². The summed E-state index contributed by atoms with van der Waals surface area (Å²) in [5.74, 6) is 7.25. The third-order valence-corrected chi connectivity index (χ3v) is 31.4. The van der Waals surface area contributed by atoms with Crippen molar-refractivity contribution < 1.29 is 5.11 Å². The van der Waals surface area contributed by atoms with Crippen molar-refractivity contribution in [2.45, 2.75) is 539 Å². The number of hydrogen-bond acceptors (Lipinski definition) is 7. The van der Waals surface area contributed by atoms with Crippen molar-refractivity contribution >= 4 is 103 Å². The zero-order chi connectivity index (χ0) is 78.7. The van der Waals surface area contributed by atoms with Gasteiger partial charge in [-0.3, -0.25) is 0 Å². The van der Waals surface area contributed by atoms with Crippen LogP contribution in [0.5, 0.6) is 0 Å². The van der Waals surface area contributed by atoms with E-state index in [0.717, 1.165) is 18.6 Å². The van der Waals surface area contributed by atoms with Gasteiger partial charge in [0.1, 0.15) is 0 Å². The van der Waals surface area contributed by atoms with Gasteiger partial charge in [-0.05, 0) is 148 Å².